The van der Waals surface area contributed by atoms with Crippen molar-refractivity contribution in [1.29, 1.82) is 0 Å². The lowest BCUT2D eigenvalue weighted by atomic mass is 9.91. The maximum atomic E-state index is 11.8. The molecule has 4 unspecified atom stereocenters. The van der Waals surface area contributed by atoms with E-state index < -0.39 is 5.54 Å². The summed E-state index contributed by atoms with van der Waals surface area (Å²) in [7, 11) is 0. The van der Waals surface area contributed by atoms with Gasteiger partial charge < -0.3 is 11.1 Å². The quantitative estimate of drug-likeness (QED) is 0.772. The standard InChI is InChI=1S/C15H31N3O/c1-10(2)17-15(6,14(16)19)8-13(5)18-9-11(3)7-12(18)4/h10-13,17H,7-9H2,1-6H3,(H2,16,19). The van der Waals surface area contributed by atoms with Gasteiger partial charge in [0.15, 0.2) is 0 Å². The fraction of sp³-hybridized carbons (Fsp3) is 0.933. The molecule has 3 N–H and O–H groups in total. The highest BCUT2D eigenvalue weighted by Crippen LogP contribution is 2.28. The molecule has 0 aromatic rings. The Hall–Kier alpha value is -0.610. The number of amides is 1. The van der Waals surface area contributed by atoms with Crippen molar-refractivity contribution in [3.8, 4) is 0 Å². The molecule has 1 aliphatic rings. The van der Waals surface area contributed by atoms with Crippen LogP contribution in [0.5, 0.6) is 0 Å². The Balaban J connectivity index is 2.71. The average Bonchev–Trinajstić information content (AvgIpc) is 2.56. The molecule has 1 fully saturated rings. The second kappa shape index (κ2) is 6.23. The molecular formula is C15H31N3O. The van der Waals surface area contributed by atoms with Gasteiger partial charge in [0.1, 0.15) is 0 Å². The molecule has 0 radical (unpaired) electrons. The highest BCUT2D eigenvalue weighted by Gasteiger charge is 2.37. The van der Waals surface area contributed by atoms with Crippen LogP contribution in [0.3, 0.4) is 0 Å². The first-order valence-corrected chi connectivity index (χ1v) is 7.49. The number of nitrogens with two attached hydrogens (primary N) is 1. The zero-order valence-electron chi connectivity index (χ0n) is 13.4. The summed E-state index contributed by atoms with van der Waals surface area (Å²) in [5, 5.41) is 3.33. The van der Waals surface area contributed by atoms with E-state index in [1.807, 2.05) is 20.8 Å². The van der Waals surface area contributed by atoms with Crippen LogP contribution in [0.25, 0.3) is 0 Å². The third kappa shape index (κ3) is 4.18. The van der Waals surface area contributed by atoms with Crippen LogP contribution in [0.1, 0.15) is 54.4 Å². The first-order valence-electron chi connectivity index (χ1n) is 7.49. The van der Waals surface area contributed by atoms with E-state index in [1.54, 1.807) is 0 Å². The second-order valence-electron chi connectivity index (χ2n) is 6.94. The van der Waals surface area contributed by atoms with Crippen LogP contribution < -0.4 is 11.1 Å². The van der Waals surface area contributed by atoms with E-state index in [9.17, 15) is 4.79 Å². The molecule has 1 rings (SSSR count). The number of nitrogens with one attached hydrogen (secondary N) is 1. The van der Waals surface area contributed by atoms with Crippen molar-refractivity contribution in [2.45, 2.75) is 78.0 Å². The van der Waals surface area contributed by atoms with Gasteiger partial charge in [-0.15, -0.1) is 0 Å². The number of carbonyl (C=O) groups excluding carboxylic acids is 1. The van der Waals surface area contributed by atoms with E-state index in [0.717, 1.165) is 18.9 Å². The van der Waals surface area contributed by atoms with E-state index in [-0.39, 0.29) is 11.9 Å². The Kier molecular flexibility index (Phi) is 5.39. The molecule has 0 aromatic carbocycles. The molecule has 1 aliphatic heterocycles. The highest BCUT2D eigenvalue weighted by molar-refractivity contribution is 5.84. The Labute approximate surface area is 118 Å². The lowest BCUT2D eigenvalue weighted by molar-refractivity contribution is -0.125. The number of hydrogen-bond acceptors (Lipinski definition) is 3. The summed E-state index contributed by atoms with van der Waals surface area (Å²) in [5.74, 6) is 0.489. The van der Waals surface area contributed by atoms with Crippen LogP contribution in [0.2, 0.25) is 0 Å². The van der Waals surface area contributed by atoms with Crippen molar-refractivity contribution in [2.24, 2.45) is 11.7 Å². The summed E-state index contributed by atoms with van der Waals surface area (Å²) in [6.07, 6.45) is 2.01. The SMILES string of the molecule is CC1CC(C)N(C(C)CC(C)(NC(C)C)C(N)=O)C1. The van der Waals surface area contributed by atoms with Crippen LogP contribution >= 0.6 is 0 Å². The maximum absolute atomic E-state index is 11.8. The van der Waals surface area contributed by atoms with Crippen LogP contribution in [0, 0.1) is 5.92 Å². The Morgan fingerprint density at radius 1 is 1.42 bits per heavy atom. The van der Waals surface area contributed by atoms with Gasteiger partial charge in [-0.2, -0.15) is 0 Å². The second-order valence-corrected chi connectivity index (χ2v) is 6.94. The number of carbonyl (C=O) groups is 1. The van der Waals surface area contributed by atoms with E-state index in [1.165, 1.54) is 6.42 Å². The van der Waals surface area contributed by atoms with Gasteiger partial charge >= 0.3 is 0 Å². The van der Waals surface area contributed by atoms with E-state index in [0.29, 0.717) is 12.1 Å². The van der Waals surface area contributed by atoms with E-state index in [2.05, 4.69) is 31.0 Å². The minimum absolute atomic E-state index is 0.250. The van der Waals surface area contributed by atoms with E-state index in [4.69, 9.17) is 5.73 Å². The smallest absolute Gasteiger partial charge is 0.237 e. The zero-order valence-corrected chi connectivity index (χ0v) is 13.4. The molecule has 4 nitrogen and oxygen atoms in total. The van der Waals surface area contributed by atoms with Crippen LogP contribution in [-0.4, -0.2) is 41.0 Å². The monoisotopic (exact) mass is 269 g/mol. The van der Waals surface area contributed by atoms with Crippen molar-refractivity contribution < 1.29 is 4.79 Å². The molecule has 1 amide bonds. The van der Waals surface area contributed by atoms with Gasteiger partial charge in [0.2, 0.25) is 5.91 Å². The Bertz CT molecular complexity index is 319. The van der Waals surface area contributed by atoms with Crippen LogP contribution in [0.4, 0.5) is 0 Å². The molecule has 0 aromatic heterocycles. The van der Waals surface area contributed by atoms with Crippen molar-refractivity contribution in [2.75, 3.05) is 6.54 Å². The third-order valence-corrected chi connectivity index (χ3v) is 4.25. The van der Waals surface area contributed by atoms with Gasteiger partial charge in [-0.1, -0.05) is 6.92 Å². The number of likely N-dealkylation sites (tertiary alicyclic amines) is 1. The van der Waals surface area contributed by atoms with E-state index >= 15 is 0 Å². The van der Waals surface area contributed by atoms with Crippen molar-refractivity contribution >= 4 is 5.91 Å². The summed E-state index contributed by atoms with van der Waals surface area (Å²) in [6.45, 7) is 13.9. The van der Waals surface area contributed by atoms with Crippen molar-refractivity contribution in [3.63, 3.8) is 0 Å². The fourth-order valence-electron chi connectivity index (χ4n) is 3.52. The van der Waals surface area contributed by atoms with Crippen LogP contribution in [-0.2, 0) is 4.79 Å². The van der Waals surface area contributed by atoms with Gasteiger partial charge in [0, 0.05) is 24.7 Å². The molecule has 1 saturated heterocycles. The first kappa shape index (κ1) is 16.4. The highest BCUT2D eigenvalue weighted by atomic mass is 16.1. The lowest BCUT2D eigenvalue weighted by Crippen LogP contribution is -2.58. The first-order chi connectivity index (χ1) is 8.65. The Morgan fingerprint density at radius 2 is 2.00 bits per heavy atom. The third-order valence-electron chi connectivity index (χ3n) is 4.25. The lowest BCUT2D eigenvalue weighted by Gasteiger charge is -2.37. The molecule has 1 heterocycles. The topological polar surface area (TPSA) is 58.4 Å². The summed E-state index contributed by atoms with van der Waals surface area (Å²) in [4.78, 5) is 14.3. The predicted molar refractivity (Wildman–Crippen MR) is 79.9 cm³/mol. The molecule has 4 heteroatoms. The Morgan fingerprint density at radius 3 is 2.37 bits per heavy atom. The minimum atomic E-state index is -0.626. The molecule has 4 atom stereocenters. The van der Waals surface area contributed by atoms with Gasteiger partial charge in [0.25, 0.3) is 0 Å². The summed E-state index contributed by atoms with van der Waals surface area (Å²) in [5.41, 5.74) is 4.98. The number of nitrogens with zero attached hydrogens (tertiary/aromatic N) is 1. The fourth-order valence-corrected chi connectivity index (χ4v) is 3.52. The van der Waals surface area contributed by atoms with Crippen molar-refractivity contribution in [1.82, 2.24) is 10.2 Å². The number of hydrogen-bond donors (Lipinski definition) is 2. The van der Waals surface area contributed by atoms with Gasteiger partial charge in [0.05, 0.1) is 5.54 Å². The number of primary amides is 1. The molecular weight excluding hydrogens is 238 g/mol. The maximum Gasteiger partial charge on any atom is 0.237 e. The molecule has 0 spiro atoms. The molecule has 0 aliphatic carbocycles. The van der Waals surface area contributed by atoms with Gasteiger partial charge in [-0.3, -0.25) is 9.69 Å². The summed E-state index contributed by atoms with van der Waals surface area (Å²) in [6, 6.07) is 1.21. The average molecular weight is 269 g/mol. The molecule has 0 bridgehead atoms. The minimum Gasteiger partial charge on any atom is -0.368 e. The number of rotatable bonds is 6. The van der Waals surface area contributed by atoms with Crippen molar-refractivity contribution in [3.05, 3.63) is 0 Å². The molecule has 112 valence electrons. The zero-order chi connectivity index (χ0) is 14.8. The summed E-state index contributed by atoms with van der Waals surface area (Å²) >= 11 is 0. The summed E-state index contributed by atoms with van der Waals surface area (Å²) < 4.78 is 0. The van der Waals surface area contributed by atoms with Gasteiger partial charge in [-0.05, 0) is 53.4 Å². The molecule has 0 saturated carbocycles. The molecule has 19 heavy (non-hydrogen) atoms. The van der Waals surface area contributed by atoms with Crippen LogP contribution in [0.15, 0.2) is 0 Å². The normalized spacial score (nSPS) is 29.4. The largest absolute Gasteiger partial charge is 0.368 e. The van der Waals surface area contributed by atoms with Gasteiger partial charge in [-0.25, -0.2) is 0 Å². The predicted octanol–water partition coefficient (Wildman–Crippen LogP) is 1.74.